The predicted molar refractivity (Wildman–Crippen MR) is 67.6 cm³/mol. The van der Waals surface area contributed by atoms with Crippen LogP contribution >= 0.6 is 0 Å². The SMILES string of the molecule is CCC1(CNC(C)C2CCOC2)CCCC1. The van der Waals surface area contributed by atoms with E-state index in [-0.39, 0.29) is 0 Å². The highest BCUT2D eigenvalue weighted by Crippen LogP contribution is 2.40. The molecule has 2 aliphatic rings. The molecule has 16 heavy (non-hydrogen) atoms. The van der Waals surface area contributed by atoms with Crippen LogP contribution in [0.3, 0.4) is 0 Å². The van der Waals surface area contributed by atoms with Gasteiger partial charge in [0.05, 0.1) is 6.61 Å². The number of hydrogen-bond donors (Lipinski definition) is 1. The van der Waals surface area contributed by atoms with E-state index in [0.717, 1.165) is 19.1 Å². The Morgan fingerprint density at radius 2 is 2.12 bits per heavy atom. The molecule has 0 aromatic heterocycles. The van der Waals surface area contributed by atoms with Crippen molar-refractivity contribution in [1.82, 2.24) is 5.32 Å². The van der Waals surface area contributed by atoms with Crippen LogP contribution in [0.25, 0.3) is 0 Å². The summed E-state index contributed by atoms with van der Waals surface area (Å²) < 4.78 is 5.46. The monoisotopic (exact) mass is 225 g/mol. The molecule has 2 atom stereocenters. The van der Waals surface area contributed by atoms with E-state index in [1.54, 1.807) is 0 Å². The fraction of sp³-hybridized carbons (Fsp3) is 1.00. The highest BCUT2D eigenvalue weighted by atomic mass is 16.5. The van der Waals surface area contributed by atoms with Crippen molar-refractivity contribution < 1.29 is 4.74 Å². The topological polar surface area (TPSA) is 21.3 Å². The van der Waals surface area contributed by atoms with Gasteiger partial charge in [0.2, 0.25) is 0 Å². The van der Waals surface area contributed by atoms with Crippen LogP contribution in [-0.4, -0.2) is 25.8 Å². The molecule has 0 aromatic rings. The van der Waals surface area contributed by atoms with Gasteiger partial charge in [0, 0.05) is 19.2 Å². The van der Waals surface area contributed by atoms with Crippen molar-refractivity contribution in [2.45, 2.75) is 58.4 Å². The van der Waals surface area contributed by atoms with Gasteiger partial charge in [-0.05, 0) is 43.9 Å². The third-order valence-corrected chi connectivity index (χ3v) is 4.89. The molecule has 2 nitrogen and oxygen atoms in total. The summed E-state index contributed by atoms with van der Waals surface area (Å²) in [5.41, 5.74) is 0.619. The molecule has 1 saturated carbocycles. The van der Waals surface area contributed by atoms with Crippen LogP contribution in [0.4, 0.5) is 0 Å². The molecular weight excluding hydrogens is 198 g/mol. The van der Waals surface area contributed by atoms with Crippen LogP contribution in [0.2, 0.25) is 0 Å². The minimum atomic E-state index is 0.619. The van der Waals surface area contributed by atoms with Crippen molar-refractivity contribution in [2.75, 3.05) is 19.8 Å². The Morgan fingerprint density at radius 1 is 1.38 bits per heavy atom. The molecule has 1 saturated heterocycles. The van der Waals surface area contributed by atoms with Crippen molar-refractivity contribution in [3.8, 4) is 0 Å². The molecule has 94 valence electrons. The molecule has 0 spiro atoms. The molecule has 1 heterocycles. The van der Waals surface area contributed by atoms with Gasteiger partial charge in [-0.3, -0.25) is 0 Å². The Bertz CT molecular complexity index is 205. The average molecular weight is 225 g/mol. The molecule has 2 rings (SSSR count). The van der Waals surface area contributed by atoms with E-state index < -0.39 is 0 Å². The lowest BCUT2D eigenvalue weighted by molar-refractivity contribution is 0.173. The van der Waals surface area contributed by atoms with Crippen LogP contribution < -0.4 is 5.32 Å². The van der Waals surface area contributed by atoms with Gasteiger partial charge in [0.1, 0.15) is 0 Å². The van der Waals surface area contributed by atoms with Gasteiger partial charge in [0.25, 0.3) is 0 Å². The van der Waals surface area contributed by atoms with E-state index in [2.05, 4.69) is 19.2 Å². The summed E-state index contributed by atoms with van der Waals surface area (Å²) in [5.74, 6) is 0.746. The second-order valence-corrected chi connectivity index (χ2v) is 5.85. The molecule has 1 aliphatic heterocycles. The Hall–Kier alpha value is -0.0800. The molecule has 1 aliphatic carbocycles. The lowest BCUT2D eigenvalue weighted by Gasteiger charge is -2.31. The maximum atomic E-state index is 5.46. The number of nitrogens with one attached hydrogen (secondary N) is 1. The maximum Gasteiger partial charge on any atom is 0.0509 e. The van der Waals surface area contributed by atoms with Gasteiger partial charge < -0.3 is 10.1 Å². The summed E-state index contributed by atoms with van der Waals surface area (Å²) in [7, 11) is 0. The minimum Gasteiger partial charge on any atom is -0.381 e. The van der Waals surface area contributed by atoms with Gasteiger partial charge in [-0.15, -0.1) is 0 Å². The molecule has 2 unspecified atom stereocenters. The Labute approximate surface area is 100 Å². The first-order valence-electron chi connectivity index (χ1n) is 7.07. The molecule has 0 amide bonds. The summed E-state index contributed by atoms with van der Waals surface area (Å²) in [6, 6.07) is 0.631. The zero-order chi connectivity index (χ0) is 11.4. The fourth-order valence-corrected chi connectivity index (χ4v) is 3.27. The van der Waals surface area contributed by atoms with Crippen molar-refractivity contribution in [2.24, 2.45) is 11.3 Å². The zero-order valence-electron chi connectivity index (χ0n) is 10.9. The second kappa shape index (κ2) is 5.50. The van der Waals surface area contributed by atoms with E-state index in [9.17, 15) is 0 Å². The van der Waals surface area contributed by atoms with Crippen molar-refractivity contribution >= 4 is 0 Å². The first kappa shape index (κ1) is 12.4. The van der Waals surface area contributed by atoms with Gasteiger partial charge in [-0.1, -0.05) is 19.8 Å². The first-order chi connectivity index (χ1) is 7.76. The first-order valence-corrected chi connectivity index (χ1v) is 7.07. The van der Waals surface area contributed by atoms with Crippen molar-refractivity contribution in [1.29, 1.82) is 0 Å². The van der Waals surface area contributed by atoms with Crippen LogP contribution in [-0.2, 0) is 4.74 Å². The summed E-state index contributed by atoms with van der Waals surface area (Å²) in [5, 5.41) is 3.78. The maximum absolute atomic E-state index is 5.46. The summed E-state index contributed by atoms with van der Waals surface area (Å²) in [6.07, 6.45) is 8.34. The van der Waals surface area contributed by atoms with E-state index in [1.807, 2.05) is 0 Å². The average Bonchev–Trinajstić information content (AvgIpc) is 2.98. The van der Waals surface area contributed by atoms with Crippen LogP contribution in [0.1, 0.15) is 52.4 Å². The quantitative estimate of drug-likeness (QED) is 0.776. The van der Waals surface area contributed by atoms with Gasteiger partial charge in [0.15, 0.2) is 0 Å². The van der Waals surface area contributed by atoms with Crippen molar-refractivity contribution in [3.05, 3.63) is 0 Å². The molecule has 2 heteroatoms. The second-order valence-electron chi connectivity index (χ2n) is 5.85. The van der Waals surface area contributed by atoms with E-state index in [1.165, 1.54) is 45.1 Å². The zero-order valence-corrected chi connectivity index (χ0v) is 10.9. The van der Waals surface area contributed by atoms with Gasteiger partial charge >= 0.3 is 0 Å². The normalized spacial score (nSPS) is 30.8. The van der Waals surface area contributed by atoms with Crippen LogP contribution in [0, 0.1) is 11.3 Å². The molecule has 1 N–H and O–H groups in total. The van der Waals surface area contributed by atoms with Gasteiger partial charge in [-0.2, -0.15) is 0 Å². The van der Waals surface area contributed by atoms with E-state index >= 15 is 0 Å². The molecular formula is C14H27NO. The molecule has 2 fully saturated rings. The summed E-state index contributed by atoms with van der Waals surface area (Å²) in [4.78, 5) is 0. The third-order valence-electron chi connectivity index (χ3n) is 4.89. The highest BCUT2D eigenvalue weighted by molar-refractivity contribution is 4.87. The number of rotatable bonds is 5. The molecule has 0 bridgehead atoms. The van der Waals surface area contributed by atoms with Gasteiger partial charge in [-0.25, -0.2) is 0 Å². The van der Waals surface area contributed by atoms with Crippen molar-refractivity contribution in [3.63, 3.8) is 0 Å². The Morgan fingerprint density at radius 3 is 2.69 bits per heavy atom. The Kier molecular flexibility index (Phi) is 4.26. The van der Waals surface area contributed by atoms with E-state index in [0.29, 0.717) is 11.5 Å². The molecule has 0 aromatic carbocycles. The molecule has 0 radical (unpaired) electrons. The number of hydrogen-bond acceptors (Lipinski definition) is 2. The number of ether oxygens (including phenoxy) is 1. The summed E-state index contributed by atoms with van der Waals surface area (Å²) in [6.45, 7) is 7.85. The lowest BCUT2D eigenvalue weighted by Crippen LogP contribution is -2.40. The van der Waals surface area contributed by atoms with Crippen LogP contribution in [0.15, 0.2) is 0 Å². The predicted octanol–water partition coefficient (Wildman–Crippen LogP) is 2.97. The lowest BCUT2D eigenvalue weighted by atomic mass is 9.83. The minimum absolute atomic E-state index is 0.619. The largest absolute Gasteiger partial charge is 0.381 e. The Balaban J connectivity index is 1.76. The standard InChI is InChI=1S/C14H27NO/c1-3-14(7-4-5-8-14)11-15-12(2)13-6-9-16-10-13/h12-13,15H,3-11H2,1-2H3. The van der Waals surface area contributed by atoms with Crippen LogP contribution in [0.5, 0.6) is 0 Å². The van der Waals surface area contributed by atoms with E-state index in [4.69, 9.17) is 4.74 Å². The third kappa shape index (κ3) is 2.78. The smallest absolute Gasteiger partial charge is 0.0509 e. The summed E-state index contributed by atoms with van der Waals surface area (Å²) >= 11 is 0. The fourth-order valence-electron chi connectivity index (χ4n) is 3.27. The highest BCUT2D eigenvalue weighted by Gasteiger charge is 2.32.